The normalized spacial score (nSPS) is 18.1. The van der Waals surface area contributed by atoms with Crippen LogP contribution in [0.15, 0.2) is 23.2 Å². The Morgan fingerprint density at radius 3 is 2.88 bits per heavy atom. The third kappa shape index (κ3) is 2.26. The zero-order valence-corrected chi connectivity index (χ0v) is 9.27. The molecule has 0 saturated heterocycles. The maximum Gasteiger partial charge on any atom is 0.231 e. The zero-order valence-electron chi connectivity index (χ0n) is 9.27. The molecule has 1 aromatic rings. The molecule has 0 amide bonds. The molecule has 0 aromatic heterocycles. The summed E-state index contributed by atoms with van der Waals surface area (Å²) in [5, 5.41) is 3.11. The molecule has 0 unspecified atom stereocenters. The summed E-state index contributed by atoms with van der Waals surface area (Å²) in [7, 11) is 0. The largest absolute Gasteiger partial charge is 0.454 e. The van der Waals surface area contributed by atoms with Crippen LogP contribution in [-0.2, 0) is 0 Å². The van der Waals surface area contributed by atoms with E-state index in [1.165, 1.54) is 0 Å². The molecule has 6 heteroatoms. The van der Waals surface area contributed by atoms with E-state index in [4.69, 9.17) is 15.3 Å². The van der Waals surface area contributed by atoms with Gasteiger partial charge in [-0.25, -0.2) is 10.8 Å². The van der Waals surface area contributed by atoms with Gasteiger partial charge in [0.05, 0.1) is 6.04 Å². The van der Waals surface area contributed by atoms with Gasteiger partial charge >= 0.3 is 0 Å². The van der Waals surface area contributed by atoms with E-state index >= 15 is 0 Å². The van der Waals surface area contributed by atoms with E-state index in [0.29, 0.717) is 12.0 Å². The summed E-state index contributed by atoms with van der Waals surface area (Å²) in [5.74, 6) is 7.48. The Kier molecular flexibility index (Phi) is 2.49. The standard InChI is InChI=1S/C11H14N4O2/c12-15-11(13-7-1-2-7)14-8-3-4-9-10(5-8)17-6-16-9/h3-5,7H,1-2,6,12H2,(H2,13,14,15). The van der Waals surface area contributed by atoms with E-state index in [9.17, 15) is 0 Å². The summed E-state index contributed by atoms with van der Waals surface area (Å²) in [4.78, 5) is 4.39. The van der Waals surface area contributed by atoms with E-state index in [1.807, 2.05) is 18.2 Å². The lowest BCUT2D eigenvalue weighted by atomic mass is 10.3. The monoisotopic (exact) mass is 234 g/mol. The lowest BCUT2D eigenvalue weighted by molar-refractivity contribution is 0.174. The van der Waals surface area contributed by atoms with Crippen LogP contribution in [0.3, 0.4) is 0 Å². The van der Waals surface area contributed by atoms with E-state index in [0.717, 1.165) is 30.0 Å². The molecule has 0 bridgehead atoms. The van der Waals surface area contributed by atoms with Crippen molar-refractivity contribution in [3.8, 4) is 11.5 Å². The second kappa shape index (κ2) is 4.14. The quantitative estimate of drug-likeness (QED) is 0.305. The van der Waals surface area contributed by atoms with Gasteiger partial charge in [0.1, 0.15) is 0 Å². The minimum Gasteiger partial charge on any atom is -0.454 e. The van der Waals surface area contributed by atoms with Crippen molar-refractivity contribution >= 4 is 11.6 Å². The molecule has 1 heterocycles. The maximum absolute atomic E-state index is 5.41. The average Bonchev–Trinajstić information content (AvgIpc) is 3.04. The van der Waals surface area contributed by atoms with Crippen molar-refractivity contribution in [2.75, 3.05) is 12.1 Å². The molecule has 90 valence electrons. The highest BCUT2D eigenvalue weighted by Gasteiger charge is 2.21. The number of fused-ring (bicyclic) bond motifs is 1. The van der Waals surface area contributed by atoms with Gasteiger partial charge in [0.15, 0.2) is 11.5 Å². The number of nitrogens with zero attached hydrogens (tertiary/aromatic N) is 1. The minimum absolute atomic E-state index is 0.275. The summed E-state index contributed by atoms with van der Waals surface area (Å²) in [5.41, 5.74) is 3.42. The number of aliphatic imine (C=N–C) groups is 1. The molecule has 4 N–H and O–H groups in total. The van der Waals surface area contributed by atoms with Gasteiger partial charge < -0.3 is 14.8 Å². The van der Waals surface area contributed by atoms with E-state index in [2.05, 4.69) is 15.7 Å². The Hall–Kier alpha value is -1.95. The van der Waals surface area contributed by atoms with Crippen molar-refractivity contribution in [3.63, 3.8) is 0 Å². The van der Waals surface area contributed by atoms with Crippen LogP contribution in [0.5, 0.6) is 11.5 Å². The molecule has 17 heavy (non-hydrogen) atoms. The fourth-order valence-electron chi connectivity index (χ4n) is 1.60. The molecule has 0 radical (unpaired) electrons. The van der Waals surface area contributed by atoms with Gasteiger partial charge in [-0.1, -0.05) is 0 Å². The molecule has 6 nitrogen and oxygen atoms in total. The number of hydrogen-bond acceptors (Lipinski definition) is 4. The summed E-state index contributed by atoms with van der Waals surface area (Å²) in [6.45, 7) is 0.275. The average molecular weight is 234 g/mol. The molecule has 1 aliphatic heterocycles. The topological polar surface area (TPSA) is 80.9 Å². The van der Waals surface area contributed by atoms with Gasteiger partial charge in [-0.3, -0.25) is 5.43 Å². The van der Waals surface area contributed by atoms with E-state index < -0.39 is 0 Å². The molecule has 3 rings (SSSR count). The number of nitrogens with one attached hydrogen (secondary N) is 2. The Balaban J connectivity index is 1.75. The van der Waals surface area contributed by atoms with Gasteiger partial charge in [0.2, 0.25) is 12.8 Å². The fraction of sp³-hybridized carbons (Fsp3) is 0.364. The van der Waals surface area contributed by atoms with Gasteiger partial charge in [0.25, 0.3) is 0 Å². The highest BCUT2D eigenvalue weighted by Crippen LogP contribution is 2.34. The summed E-state index contributed by atoms with van der Waals surface area (Å²) < 4.78 is 10.5. The van der Waals surface area contributed by atoms with Crippen molar-refractivity contribution in [1.29, 1.82) is 0 Å². The van der Waals surface area contributed by atoms with E-state index in [1.54, 1.807) is 0 Å². The second-order valence-electron chi connectivity index (χ2n) is 4.05. The molecule has 1 saturated carbocycles. The van der Waals surface area contributed by atoms with Gasteiger partial charge in [0, 0.05) is 11.8 Å². The summed E-state index contributed by atoms with van der Waals surface area (Å²) >= 11 is 0. The van der Waals surface area contributed by atoms with Crippen LogP contribution in [0.4, 0.5) is 5.69 Å². The van der Waals surface area contributed by atoms with Crippen molar-refractivity contribution in [1.82, 2.24) is 5.43 Å². The lowest BCUT2D eigenvalue weighted by Crippen LogP contribution is -2.36. The SMILES string of the molecule is NNC(=NC1CC1)Nc1ccc2c(c1)OCO2. The number of guanidine groups is 1. The highest BCUT2D eigenvalue weighted by atomic mass is 16.7. The van der Waals surface area contributed by atoms with Crippen molar-refractivity contribution in [2.45, 2.75) is 18.9 Å². The predicted molar refractivity (Wildman–Crippen MR) is 64.0 cm³/mol. The second-order valence-corrected chi connectivity index (χ2v) is 4.05. The summed E-state index contributed by atoms with van der Waals surface area (Å²) in [6, 6.07) is 6.02. The van der Waals surface area contributed by atoms with E-state index in [-0.39, 0.29) is 6.79 Å². The third-order valence-electron chi connectivity index (χ3n) is 2.63. The maximum atomic E-state index is 5.41. The van der Waals surface area contributed by atoms with Gasteiger partial charge in [-0.05, 0) is 25.0 Å². The number of rotatable bonds is 2. The number of hydrogen-bond donors (Lipinski definition) is 3. The van der Waals surface area contributed by atoms with Crippen LogP contribution in [0.25, 0.3) is 0 Å². The number of nitrogens with two attached hydrogens (primary N) is 1. The number of ether oxygens (including phenoxy) is 2. The van der Waals surface area contributed by atoms with Gasteiger partial charge in [-0.2, -0.15) is 0 Å². The van der Waals surface area contributed by atoms with Crippen LogP contribution in [0.2, 0.25) is 0 Å². The first-order valence-electron chi connectivity index (χ1n) is 5.56. The molecule has 2 aliphatic rings. The van der Waals surface area contributed by atoms with Crippen LogP contribution in [0.1, 0.15) is 12.8 Å². The zero-order chi connectivity index (χ0) is 11.7. The highest BCUT2D eigenvalue weighted by molar-refractivity contribution is 5.93. The number of benzene rings is 1. The molecular formula is C11H14N4O2. The van der Waals surface area contributed by atoms with Crippen LogP contribution < -0.4 is 26.1 Å². The van der Waals surface area contributed by atoms with Crippen molar-refractivity contribution < 1.29 is 9.47 Å². The lowest BCUT2D eigenvalue weighted by Gasteiger charge is -2.09. The Bertz CT molecular complexity index is 457. The first-order valence-corrected chi connectivity index (χ1v) is 5.56. The molecule has 0 atom stereocenters. The smallest absolute Gasteiger partial charge is 0.231 e. The minimum atomic E-state index is 0.275. The predicted octanol–water partition coefficient (Wildman–Crippen LogP) is 0.809. The Morgan fingerprint density at radius 1 is 1.29 bits per heavy atom. The van der Waals surface area contributed by atoms with Gasteiger partial charge in [-0.15, -0.1) is 0 Å². The Morgan fingerprint density at radius 2 is 2.12 bits per heavy atom. The Labute approximate surface area is 98.8 Å². The number of anilines is 1. The molecule has 0 spiro atoms. The summed E-state index contributed by atoms with van der Waals surface area (Å²) in [6.07, 6.45) is 2.27. The van der Waals surface area contributed by atoms with Crippen LogP contribution >= 0.6 is 0 Å². The third-order valence-corrected chi connectivity index (χ3v) is 2.63. The first-order chi connectivity index (χ1) is 8.35. The fourth-order valence-corrected chi connectivity index (χ4v) is 1.60. The molecule has 1 fully saturated rings. The molecular weight excluding hydrogens is 220 g/mol. The molecule has 1 aliphatic carbocycles. The van der Waals surface area contributed by atoms with Crippen molar-refractivity contribution in [3.05, 3.63) is 18.2 Å². The number of hydrazine groups is 1. The van der Waals surface area contributed by atoms with Crippen LogP contribution in [0, 0.1) is 0 Å². The van der Waals surface area contributed by atoms with Crippen LogP contribution in [-0.4, -0.2) is 18.8 Å². The first kappa shape index (κ1) is 10.2. The van der Waals surface area contributed by atoms with Crippen molar-refractivity contribution in [2.24, 2.45) is 10.8 Å². The molecule has 1 aromatic carbocycles.